The number of rotatable bonds is 11. The maximum atomic E-state index is 13.2. The minimum atomic E-state index is -1.27. The summed E-state index contributed by atoms with van der Waals surface area (Å²) in [5, 5.41) is 24.1. The number of phenols is 1. The van der Waals surface area contributed by atoms with Crippen LogP contribution in [0.3, 0.4) is 0 Å². The number of hydrogen-bond acceptors (Lipinski definition) is 8. The average molecular weight is 462 g/mol. The zero-order valence-corrected chi connectivity index (χ0v) is 17.7. The number of carbonyl (C=O) groups excluding carboxylic acids is 5. The fourth-order valence-electron chi connectivity index (χ4n) is 3.33. The lowest BCUT2D eigenvalue weighted by atomic mass is 10.0. The number of carboxylic acid groups (broad SMARTS) is 1. The van der Waals surface area contributed by atoms with Gasteiger partial charge < -0.3 is 30.4 Å². The van der Waals surface area contributed by atoms with E-state index in [1.807, 2.05) is 0 Å². The number of aromatic hydroxyl groups is 1. The smallest absolute Gasteiger partial charge is 0.305 e. The number of aldehydes is 2. The number of carbonyl (C=O) groups is 6. The van der Waals surface area contributed by atoms with Crippen LogP contribution in [-0.2, 0) is 24.0 Å². The van der Waals surface area contributed by atoms with E-state index in [2.05, 4.69) is 16.1 Å². The molecule has 2 rings (SSSR count). The standard InChI is InChI=1S/C21H26N4O8/c26-10-2-3-16(24-19(31)13-5-7-15(28)8-6-13)21(33)25-17(4-1-9-22-25)20(32)23-14(12-27)11-18(29)30/h5-8,10,12,14,16-17,22,28H,1-4,9,11H2,(H,23,32)(H,24,31)(H,29,30)/t14-,16-,17-/m0/s1. The molecule has 1 aromatic carbocycles. The molecule has 0 radical (unpaired) electrons. The highest BCUT2D eigenvalue weighted by atomic mass is 16.4. The maximum Gasteiger partial charge on any atom is 0.305 e. The molecule has 0 bridgehead atoms. The number of carboxylic acids is 1. The summed E-state index contributed by atoms with van der Waals surface area (Å²) < 4.78 is 0. The Hall–Kier alpha value is -3.80. The van der Waals surface area contributed by atoms with E-state index in [9.17, 15) is 33.9 Å². The largest absolute Gasteiger partial charge is 0.508 e. The first-order valence-electron chi connectivity index (χ1n) is 10.3. The third-order valence-corrected chi connectivity index (χ3v) is 4.98. The minimum Gasteiger partial charge on any atom is -0.508 e. The Bertz CT molecular complexity index is 889. The van der Waals surface area contributed by atoms with Crippen molar-refractivity contribution >= 4 is 36.3 Å². The monoisotopic (exact) mass is 462 g/mol. The number of phenolic OH excluding ortho intramolecular Hbond substituents is 1. The summed E-state index contributed by atoms with van der Waals surface area (Å²) >= 11 is 0. The fourth-order valence-corrected chi connectivity index (χ4v) is 3.33. The summed E-state index contributed by atoms with van der Waals surface area (Å²) in [6, 6.07) is 1.90. The number of nitrogens with one attached hydrogen (secondary N) is 3. The van der Waals surface area contributed by atoms with Gasteiger partial charge in [0.25, 0.3) is 11.8 Å². The summed E-state index contributed by atoms with van der Waals surface area (Å²) in [6.45, 7) is 0.369. The highest BCUT2D eigenvalue weighted by Gasteiger charge is 2.37. The topological polar surface area (TPSA) is 182 Å². The molecule has 1 aliphatic rings. The first-order chi connectivity index (χ1) is 15.8. The van der Waals surface area contributed by atoms with Gasteiger partial charge in [0.05, 0.1) is 12.5 Å². The predicted octanol–water partition coefficient (Wildman–Crippen LogP) is -0.876. The van der Waals surface area contributed by atoms with Crippen LogP contribution in [0, 0.1) is 0 Å². The molecular formula is C21H26N4O8. The van der Waals surface area contributed by atoms with Crippen molar-refractivity contribution in [3.63, 3.8) is 0 Å². The molecular weight excluding hydrogens is 436 g/mol. The SMILES string of the molecule is O=CCC[C@H](NC(=O)c1ccc(O)cc1)C(=O)N1NCCC[C@H]1C(=O)N[C@H](C=O)CC(=O)O. The molecule has 1 aromatic rings. The second-order valence-corrected chi connectivity index (χ2v) is 7.44. The van der Waals surface area contributed by atoms with Crippen LogP contribution in [0.15, 0.2) is 24.3 Å². The summed E-state index contributed by atoms with van der Waals surface area (Å²) in [4.78, 5) is 71.4. The second-order valence-electron chi connectivity index (χ2n) is 7.44. The van der Waals surface area contributed by atoms with E-state index in [4.69, 9.17) is 5.11 Å². The number of hydrazine groups is 1. The van der Waals surface area contributed by atoms with Gasteiger partial charge in [-0.2, -0.15) is 0 Å². The lowest BCUT2D eigenvalue weighted by Gasteiger charge is -2.37. The summed E-state index contributed by atoms with van der Waals surface area (Å²) in [5.41, 5.74) is 2.99. The van der Waals surface area contributed by atoms with Gasteiger partial charge in [-0.1, -0.05) is 0 Å². The molecule has 178 valence electrons. The number of aliphatic carboxylic acids is 1. The maximum absolute atomic E-state index is 13.2. The van der Waals surface area contributed by atoms with Crippen molar-refractivity contribution in [2.75, 3.05) is 6.54 Å². The van der Waals surface area contributed by atoms with Gasteiger partial charge in [0.2, 0.25) is 5.91 Å². The van der Waals surface area contributed by atoms with E-state index in [-0.39, 0.29) is 30.6 Å². The van der Waals surface area contributed by atoms with Gasteiger partial charge in [0, 0.05) is 18.5 Å². The van der Waals surface area contributed by atoms with Crippen molar-refractivity contribution in [1.82, 2.24) is 21.1 Å². The quantitative estimate of drug-likeness (QED) is 0.261. The molecule has 3 amide bonds. The molecule has 0 spiro atoms. The van der Waals surface area contributed by atoms with Crippen molar-refractivity contribution in [2.24, 2.45) is 0 Å². The van der Waals surface area contributed by atoms with Crippen LogP contribution >= 0.6 is 0 Å². The first-order valence-corrected chi connectivity index (χ1v) is 10.3. The van der Waals surface area contributed by atoms with Gasteiger partial charge in [-0.25, -0.2) is 5.43 Å². The second kappa shape index (κ2) is 12.3. The van der Waals surface area contributed by atoms with Crippen LogP contribution in [0.4, 0.5) is 0 Å². The van der Waals surface area contributed by atoms with Gasteiger partial charge in [-0.15, -0.1) is 0 Å². The molecule has 1 heterocycles. The van der Waals surface area contributed by atoms with Crippen LogP contribution < -0.4 is 16.1 Å². The molecule has 0 saturated carbocycles. The Morgan fingerprint density at radius 1 is 1.15 bits per heavy atom. The molecule has 5 N–H and O–H groups in total. The predicted molar refractivity (Wildman–Crippen MR) is 113 cm³/mol. The lowest BCUT2D eigenvalue weighted by molar-refractivity contribution is -0.149. The highest BCUT2D eigenvalue weighted by molar-refractivity contribution is 5.98. The van der Waals surface area contributed by atoms with Crippen LogP contribution in [0.1, 0.15) is 42.5 Å². The van der Waals surface area contributed by atoms with Crippen molar-refractivity contribution in [2.45, 2.75) is 50.2 Å². The number of nitrogens with zero attached hydrogens (tertiary/aromatic N) is 1. The van der Waals surface area contributed by atoms with Crippen LogP contribution in [0.2, 0.25) is 0 Å². The van der Waals surface area contributed by atoms with Crippen molar-refractivity contribution in [3.8, 4) is 5.75 Å². The molecule has 1 fully saturated rings. The molecule has 0 aromatic heterocycles. The van der Waals surface area contributed by atoms with E-state index in [1.54, 1.807) is 0 Å². The Morgan fingerprint density at radius 3 is 2.45 bits per heavy atom. The molecule has 12 nitrogen and oxygen atoms in total. The zero-order chi connectivity index (χ0) is 24.4. The summed E-state index contributed by atoms with van der Waals surface area (Å²) in [6.07, 6.45) is 1.03. The first kappa shape index (κ1) is 25.5. The summed E-state index contributed by atoms with van der Waals surface area (Å²) in [5.74, 6) is -3.30. The third kappa shape index (κ3) is 7.38. The number of amides is 3. The van der Waals surface area contributed by atoms with Crippen molar-refractivity contribution in [1.29, 1.82) is 0 Å². The van der Waals surface area contributed by atoms with E-state index < -0.39 is 48.2 Å². The molecule has 33 heavy (non-hydrogen) atoms. The third-order valence-electron chi connectivity index (χ3n) is 4.98. The van der Waals surface area contributed by atoms with Gasteiger partial charge in [-0.05, 0) is 43.5 Å². The normalized spacial score (nSPS) is 17.3. The van der Waals surface area contributed by atoms with E-state index in [0.29, 0.717) is 25.5 Å². The average Bonchev–Trinajstić information content (AvgIpc) is 2.80. The van der Waals surface area contributed by atoms with Crippen molar-refractivity contribution in [3.05, 3.63) is 29.8 Å². The van der Waals surface area contributed by atoms with Crippen LogP contribution in [0.25, 0.3) is 0 Å². The van der Waals surface area contributed by atoms with Gasteiger partial charge in [0.15, 0.2) is 0 Å². The van der Waals surface area contributed by atoms with Crippen LogP contribution in [-0.4, -0.2) is 76.2 Å². The Morgan fingerprint density at radius 2 is 1.85 bits per heavy atom. The zero-order valence-electron chi connectivity index (χ0n) is 17.7. The molecule has 3 atom stereocenters. The van der Waals surface area contributed by atoms with Crippen molar-refractivity contribution < 1.29 is 39.0 Å². The van der Waals surface area contributed by atoms with Gasteiger partial charge >= 0.3 is 5.97 Å². The molecule has 1 saturated heterocycles. The number of benzene rings is 1. The molecule has 0 unspecified atom stereocenters. The fraction of sp³-hybridized carbons (Fsp3) is 0.429. The van der Waals surface area contributed by atoms with Crippen LogP contribution in [0.5, 0.6) is 5.75 Å². The van der Waals surface area contributed by atoms with Gasteiger partial charge in [-0.3, -0.25) is 24.2 Å². The van der Waals surface area contributed by atoms with E-state index in [1.165, 1.54) is 24.3 Å². The Labute approximate surface area is 189 Å². The van der Waals surface area contributed by atoms with Gasteiger partial charge in [0.1, 0.15) is 30.4 Å². The lowest BCUT2D eigenvalue weighted by Crippen LogP contribution is -2.63. The summed E-state index contributed by atoms with van der Waals surface area (Å²) in [7, 11) is 0. The molecule has 12 heteroatoms. The van der Waals surface area contributed by atoms with E-state index >= 15 is 0 Å². The minimum absolute atomic E-state index is 0.0192. The molecule has 0 aliphatic carbocycles. The molecule has 1 aliphatic heterocycles. The Kier molecular flexibility index (Phi) is 9.48. The Balaban J connectivity index is 2.17. The number of hydrogen-bond donors (Lipinski definition) is 5. The van der Waals surface area contributed by atoms with E-state index in [0.717, 1.165) is 5.01 Å². The highest BCUT2D eigenvalue weighted by Crippen LogP contribution is 2.15.